The minimum absolute atomic E-state index is 0.0500. The van der Waals surface area contributed by atoms with Gasteiger partial charge in [0.2, 0.25) is 0 Å². The van der Waals surface area contributed by atoms with Crippen LogP contribution < -0.4 is 5.32 Å². The predicted molar refractivity (Wildman–Crippen MR) is 89.2 cm³/mol. The highest BCUT2D eigenvalue weighted by molar-refractivity contribution is 6.08. The van der Waals surface area contributed by atoms with Gasteiger partial charge in [-0.2, -0.15) is 0 Å². The topological polar surface area (TPSA) is 72.5 Å². The molecule has 0 bridgehead atoms. The second-order valence-corrected chi connectivity index (χ2v) is 5.19. The number of ketones is 1. The van der Waals surface area contributed by atoms with Crippen LogP contribution in [0.3, 0.4) is 0 Å². The number of ether oxygens (including phenoxy) is 1. The Morgan fingerprint density at radius 1 is 0.958 bits per heavy atom. The fraction of sp³-hybridized carbons (Fsp3) is 0.211. The smallest absolute Gasteiger partial charge is 0.336 e. The summed E-state index contributed by atoms with van der Waals surface area (Å²) in [6.07, 6.45) is 0.125. The summed E-state index contributed by atoms with van der Waals surface area (Å²) < 4.78 is 5.18. The zero-order valence-corrected chi connectivity index (χ0v) is 13.4. The second-order valence-electron chi connectivity index (χ2n) is 5.19. The number of carbonyl (C=O) groups excluding carboxylic acids is 3. The van der Waals surface area contributed by atoms with Crippen LogP contribution in [-0.2, 0) is 20.9 Å². The number of nitrogens with one attached hydrogen (secondary N) is 1. The monoisotopic (exact) mass is 325 g/mol. The fourth-order valence-electron chi connectivity index (χ4n) is 2.09. The maximum atomic E-state index is 12.2. The van der Waals surface area contributed by atoms with Crippen molar-refractivity contribution in [3.8, 4) is 0 Å². The van der Waals surface area contributed by atoms with Crippen molar-refractivity contribution in [1.29, 1.82) is 0 Å². The van der Waals surface area contributed by atoms with Crippen molar-refractivity contribution in [2.75, 3.05) is 0 Å². The van der Waals surface area contributed by atoms with Crippen LogP contribution in [-0.4, -0.2) is 23.7 Å². The number of carbonyl (C=O) groups is 3. The van der Waals surface area contributed by atoms with E-state index in [0.717, 1.165) is 5.56 Å². The van der Waals surface area contributed by atoms with Crippen molar-refractivity contribution in [3.63, 3.8) is 0 Å². The third-order valence-corrected chi connectivity index (χ3v) is 3.44. The molecule has 1 N–H and O–H groups in total. The highest BCUT2D eigenvalue weighted by atomic mass is 16.5. The van der Waals surface area contributed by atoms with Crippen LogP contribution in [0.1, 0.15) is 29.3 Å². The zero-order chi connectivity index (χ0) is 17.4. The van der Waals surface area contributed by atoms with Gasteiger partial charge in [0.15, 0.2) is 11.8 Å². The van der Waals surface area contributed by atoms with Crippen LogP contribution in [0.5, 0.6) is 0 Å². The first-order chi connectivity index (χ1) is 11.6. The molecule has 1 atom stereocenters. The first kappa shape index (κ1) is 17.4. The normalized spacial score (nSPS) is 11.4. The van der Waals surface area contributed by atoms with Crippen LogP contribution in [0, 0.1) is 0 Å². The Morgan fingerprint density at radius 3 is 2.12 bits per heavy atom. The van der Waals surface area contributed by atoms with E-state index in [9.17, 15) is 14.4 Å². The summed E-state index contributed by atoms with van der Waals surface area (Å²) in [4.78, 5) is 36.4. The molecule has 0 saturated carbocycles. The number of esters is 1. The van der Waals surface area contributed by atoms with Crippen molar-refractivity contribution in [2.24, 2.45) is 0 Å². The summed E-state index contributed by atoms with van der Waals surface area (Å²) in [6.45, 7) is 1.68. The minimum atomic E-state index is -1.30. The molecule has 0 aliphatic heterocycles. The van der Waals surface area contributed by atoms with E-state index in [4.69, 9.17) is 4.74 Å². The number of hydrogen-bond donors (Lipinski definition) is 1. The molecule has 5 nitrogen and oxygen atoms in total. The number of Topliss-reactive ketones (excluding diaryl/α,β-unsaturated/α-hetero) is 1. The Hall–Kier alpha value is -2.95. The van der Waals surface area contributed by atoms with E-state index in [-0.39, 0.29) is 13.0 Å². The number of hydrogen-bond acceptors (Lipinski definition) is 4. The van der Waals surface area contributed by atoms with Crippen molar-refractivity contribution in [1.82, 2.24) is 5.32 Å². The molecule has 0 aromatic heterocycles. The highest BCUT2D eigenvalue weighted by Gasteiger charge is 2.28. The van der Waals surface area contributed by atoms with Gasteiger partial charge < -0.3 is 10.1 Å². The first-order valence-electron chi connectivity index (χ1n) is 7.71. The van der Waals surface area contributed by atoms with Gasteiger partial charge in [0.25, 0.3) is 5.91 Å². The van der Waals surface area contributed by atoms with Crippen molar-refractivity contribution < 1.29 is 19.1 Å². The van der Waals surface area contributed by atoms with Gasteiger partial charge >= 0.3 is 5.97 Å². The van der Waals surface area contributed by atoms with Crippen molar-refractivity contribution in [3.05, 3.63) is 71.8 Å². The molecule has 2 aromatic rings. The fourth-order valence-corrected chi connectivity index (χ4v) is 2.09. The van der Waals surface area contributed by atoms with Crippen LogP contribution in [0.2, 0.25) is 0 Å². The molecule has 1 unspecified atom stereocenters. The van der Waals surface area contributed by atoms with Gasteiger partial charge in [-0.05, 0) is 17.7 Å². The Balaban J connectivity index is 2.03. The van der Waals surface area contributed by atoms with Gasteiger partial charge in [0.1, 0.15) is 6.61 Å². The molecular formula is C19H19NO4. The van der Waals surface area contributed by atoms with Gasteiger partial charge in [-0.1, -0.05) is 55.5 Å². The SMILES string of the molecule is CCC(=O)C(NC(=O)c1ccccc1)C(=O)OCc1ccccc1. The average molecular weight is 325 g/mol. The summed E-state index contributed by atoms with van der Waals surface area (Å²) in [7, 11) is 0. The quantitative estimate of drug-likeness (QED) is 0.627. The highest BCUT2D eigenvalue weighted by Crippen LogP contribution is 2.05. The molecule has 0 fully saturated rings. The summed E-state index contributed by atoms with van der Waals surface area (Å²) >= 11 is 0. The maximum Gasteiger partial charge on any atom is 0.336 e. The molecule has 0 heterocycles. The largest absolute Gasteiger partial charge is 0.459 e. The minimum Gasteiger partial charge on any atom is -0.459 e. The van der Waals surface area contributed by atoms with E-state index in [1.54, 1.807) is 37.3 Å². The molecule has 0 radical (unpaired) electrons. The number of amides is 1. The van der Waals surface area contributed by atoms with Gasteiger partial charge in [0, 0.05) is 12.0 Å². The molecule has 2 aromatic carbocycles. The molecule has 0 aliphatic rings. The van der Waals surface area contributed by atoms with Gasteiger partial charge in [0.05, 0.1) is 0 Å². The van der Waals surface area contributed by atoms with Gasteiger partial charge in [-0.15, -0.1) is 0 Å². The van der Waals surface area contributed by atoms with Gasteiger partial charge in [-0.3, -0.25) is 9.59 Å². The lowest BCUT2D eigenvalue weighted by Gasteiger charge is -2.16. The predicted octanol–water partition coefficient (Wildman–Crippen LogP) is 2.51. The lowest BCUT2D eigenvalue weighted by molar-refractivity contribution is -0.150. The molecule has 0 spiro atoms. The Morgan fingerprint density at radius 2 is 1.54 bits per heavy atom. The third kappa shape index (κ3) is 4.78. The summed E-state index contributed by atoms with van der Waals surface area (Å²) in [5.41, 5.74) is 1.19. The molecule has 0 saturated heterocycles. The molecule has 2 rings (SSSR count). The van der Waals surface area contributed by atoms with Crippen LogP contribution in [0.15, 0.2) is 60.7 Å². The van der Waals surface area contributed by atoms with Crippen molar-refractivity contribution >= 4 is 17.7 Å². The molecule has 124 valence electrons. The maximum absolute atomic E-state index is 12.2. The van der Waals surface area contributed by atoms with Crippen LogP contribution >= 0.6 is 0 Å². The third-order valence-electron chi connectivity index (χ3n) is 3.44. The van der Waals surface area contributed by atoms with E-state index in [0.29, 0.717) is 5.56 Å². The summed E-state index contributed by atoms with van der Waals surface area (Å²) in [6, 6.07) is 16.2. The number of rotatable bonds is 7. The van der Waals surface area contributed by atoms with E-state index in [1.807, 2.05) is 30.3 Å². The molecular weight excluding hydrogens is 306 g/mol. The lowest BCUT2D eigenvalue weighted by atomic mass is 10.1. The van der Waals surface area contributed by atoms with E-state index >= 15 is 0 Å². The van der Waals surface area contributed by atoms with Gasteiger partial charge in [-0.25, -0.2) is 4.79 Å². The summed E-state index contributed by atoms with van der Waals surface area (Å²) in [5, 5.41) is 2.46. The molecule has 24 heavy (non-hydrogen) atoms. The second kappa shape index (κ2) is 8.62. The van der Waals surface area contributed by atoms with E-state index < -0.39 is 23.7 Å². The first-order valence-corrected chi connectivity index (χ1v) is 7.71. The average Bonchev–Trinajstić information content (AvgIpc) is 2.65. The Bertz CT molecular complexity index is 698. The molecule has 5 heteroatoms. The van der Waals surface area contributed by atoms with Crippen molar-refractivity contribution in [2.45, 2.75) is 26.0 Å². The standard InChI is InChI=1S/C19H19NO4/c1-2-16(21)17(20-18(22)15-11-7-4-8-12-15)19(23)24-13-14-9-5-3-6-10-14/h3-12,17H,2,13H2,1H3,(H,20,22). The molecule has 0 aliphatic carbocycles. The summed E-state index contributed by atoms with van der Waals surface area (Å²) in [5.74, 6) is -1.63. The molecule has 1 amide bonds. The Labute approximate surface area is 140 Å². The van der Waals surface area contributed by atoms with Crippen LogP contribution in [0.4, 0.5) is 0 Å². The zero-order valence-electron chi connectivity index (χ0n) is 13.4. The van der Waals surface area contributed by atoms with E-state index in [2.05, 4.69) is 5.32 Å². The lowest BCUT2D eigenvalue weighted by Crippen LogP contribution is -2.47. The van der Waals surface area contributed by atoms with E-state index in [1.165, 1.54) is 0 Å². The van der Waals surface area contributed by atoms with Crippen LogP contribution in [0.25, 0.3) is 0 Å². The number of benzene rings is 2. The Kier molecular flexibility index (Phi) is 6.25.